The lowest BCUT2D eigenvalue weighted by atomic mass is 9.82. The van der Waals surface area contributed by atoms with Gasteiger partial charge in [0.1, 0.15) is 12.3 Å². The Kier molecular flexibility index (Phi) is 7.57. The molecule has 4 rings (SSSR count). The summed E-state index contributed by atoms with van der Waals surface area (Å²) >= 11 is 7.83. The molecule has 0 saturated heterocycles. The topological polar surface area (TPSA) is 72.6 Å². The number of halogens is 3. The van der Waals surface area contributed by atoms with E-state index in [0.717, 1.165) is 10.6 Å². The van der Waals surface area contributed by atoms with E-state index in [9.17, 15) is 13.6 Å². The fourth-order valence-electron chi connectivity index (χ4n) is 3.77. The minimum Gasteiger partial charge on any atom is -0.395 e. The predicted octanol–water partition coefficient (Wildman–Crippen LogP) is 5.58. The van der Waals surface area contributed by atoms with Gasteiger partial charge in [0.25, 0.3) is 0 Å². The van der Waals surface area contributed by atoms with Crippen molar-refractivity contribution < 1.29 is 18.4 Å². The van der Waals surface area contributed by atoms with Gasteiger partial charge in [-0.2, -0.15) is 5.10 Å². The SMILES string of the molecule is CCN(C(=O)CC/C(=N\OCC1CC(F)(F)C1)c1cccs1)c1cn(-c2cccnc2)nc1Cl. The molecule has 1 aliphatic carbocycles. The van der Waals surface area contributed by atoms with Crippen LogP contribution < -0.4 is 4.90 Å². The molecule has 180 valence electrons. The molecular formula is C23H24ClF2N5O2S. The third-order valence-corrected chi connectivity index (χ3v) is 6.70. The molecule has 0 spiro atoms. The number of amides is 1. The molecule has 1 amide bonds. The summed E-state index contributed by atoms with van der Waals surface area (Å²) in [5.41, 5.74) is 1.85. The van der Waals surface area contributed by atoms with E-state index in [1.807, 2.05) is 30.5 Å². The minimum atomic E-state index is -2.59. The first kappa shape index (κ1) is 24.3. The molecule has 0 bridgehead atoms. The summed E-state index contributed by atoms with van der Waals surface area (Å²) in [6.45, 7) is 2.42. The van der Waals surface area contributed by atoms with Gasteiger partial charge in [0.15, 0.2) is 5.15 Å². The molecule has 3 aromatic heterocycles. The molecule has 3 heterocycles. The Morgan fingerprint density at radius 1 is 1.35 bits per heavy atom. The van der Waals surface area contributed by atoms with Gasteiger partial charge >= 0.3 is 0 Å². The van der Waals surface area contributed by atoms with Crippen molar-refractivity contribution in [1.29, 1.82) is 0 Å². The fraction of sp³-hybridized carbons (Fsp3) is 0.391. The van der Waals surface area contributed by atoms with Crippen LogP contribution >= 0.6 is 22.9 Å². The van der Waals surface area contributed by atoms with Crippen LogP contribution in [0.4, 0.5) is 14.5 Å². The highest BCUT2D eigenvalue weighted by atomic mass is 35.5. The van der Waals surface area contributed by atoms with Crippen molar-refractivity contribution in [3.8, 4) is 5.69 Å². The number of rotatable bonds is 10. The van der Waals surface area contributed by atoms with Gasteiger partial charge in [0.05, 0.1) is 28.7 Å². The van der Waals surface area contributed by atoms with Crippen molar-refractivity contribution in [2.24, 2.45) is 11.1 Å². The highest BCUT2D eigenvalue weighted by molar-refractivity contribution is 7.12. The van der Waals surface area contributed by atoms with E-state index in [-0.39, 0.29) is 42.8 Å². The maximum Gasteiger partial charge on any atom is 0.248 e. The lowest BCUT2D eigenvalue weighted by Crippen LogP contribution is -2.37. The van der Waals surface area contributed by atoms with Crippen LogP contribution in [0.1, 0.15) is 37.5 Å². The maximum absolute atomic E-state index is 13.1. The van der Waals surface area contributed by atoms with Crippen molar-refractivity contribution in [1.82, 2.24) is 14.8 Å². The van der Waals surface area contributed by atoms with E-state index in [0.29, 0.717) is 24.4 Å². The number of aromatic nitrogens is 3. The molecule has 0 aromatic carbocycles. The lowest BCUT2D eigenvalue weighted by molar-refractivity contribution is -0.128. The molecule has 1 fully saturated rings. The van der Waals surface area contributed by atoms with Gasteiger partial charge < -0.3 is 9.74 Å². The van der Waals surface area contributed by atoms with Gasteiger partial charge in [-0.05, 0) is 30.5 Å². The van der Waals surface area contributed by atoms with Gasteiger partial charge in [0.2, 0.25) is 11.8 Å². The standard InChI is InChI=1S/C23H24ClF2N5O2S/c1-2-30(19-14-31(28-22(19)24)17-5-3-9-27-13-17)21(32)8-7-18(20-6-4-10-34-20)29-33-15-16-11-23(25,26)12-16/h3-6,9-10,13-14,16H,2,7-8,11-12,15H2,1H3/b29-18+. The van der Waals surface area contributed by atoms with Gasteiger partial charge in [-0.15, -0.1) is 11.3 Å². The monoisotopic (exact) mass is 507 g/mol. The summed E-state index contributed by atoms with van der Waals surface area (Å²) in [5.74, 6) is -2.92. The highest BCUT2D eigenvalue weighted by Gasteiger charge is 2.45. The van der Waals surface area contributed by atoms with Gasteiger partial charge in [0, 0.05) is 44.3 Å². The highest BCUT2D eigenvalue weighted by Crippen LogP contribution is 2.42. The second-order valence-electron chi connectivity index (χ2n) is 8.04. The van der Waals surface area contributed by atoms with E-state index in [1.165, 1.54) is 11.3 Å². The first-order valence-electron chi connectivity index (χ1n) is 10.9. The molecule has 0 atom stereocenters. The molecule has 3 aromatic rings. The number of nitrogens with zero attached hydrogens (tertiary/aromatic N) is 5. The summed E-state index contributed by atoms with van der Waals surface area (Å²) in [5, 5.41) is 10.6. The maximum atomic E-state index is 13.1. The average Bonchev–Trinajstić information content (AvgIpc) is 3.46. The first-order chi connectivity index (χ1) is 16.4. The molecule has 0 unspecified atom stereocenters. The molecule has 11 heteroatoms. The summed E-state index contributed by atoms with van der Waals surface area (Å²) in [7, 11) is 0. The Morgan fingerprint density at radius 3 is 2.82 bits per heavy atom. The minimum absolute atomic E-state index is 0.141. The zero-order chi connectivity index (χ0) is 24.1. The van der Waals surface area contributed by atoms with Crippen LogP contribution in [0.15, 0.2) is 53.4 Å². The summed E-state index contributed by atoms with van der Waals surface area (Å²) in [6, 6.07) is 7.40. The van der Waals surface area contributed by atoms with Gasteiger partial charge in [-0.3, -0.25) is 9.78 Å². The largest absolute Gasteiger partial charge is 0.395 e. The second-order valence-corrected chi connectivity index (χ2v) is 9.35. The lowest BCUT2D eigenvalue weighted by Gasteiger charge is -2.33. The van der Waals surface area contributed by atoms with Crippen LogP contribution in [0.3, 0.4) is 0 Å². The van der Waals surface area contributed by atoms with E-state index in [4.69, 9.17) is 16.4 Å². The van der Waals surface area contributed by atoms with Crippen molar-refractivity contribution in [2.75, 3.05) is 18.1 Å². The molecule has 0 N–H and O–H groups in total. The normalized spacial score (nSPS) is 15.7. The van der Waals surface area contributed by atoms with Crippen LogP contribution in [-0.4, -0.2) is 45.5 Å². The van der Waals surface area contributed by atoms with Crippen LogP contribution in [0.5, 0.6) is 0 Å². The Bertz CT molecular complexity index is 1130. The number of hydrogen-bond donors (Lipinski definition) is 0. The quantitative estimate of drug-likeness (QED) is 0.265. The number of anilines is 1. The van der Waals surface area contributed by atoms with Crippen molar-refractivity contribution in [2.45, 2.75) is 38.5 Å². The van der Waals surface area contributed by atoms with E-state index < -0.39 is 5.92 Å². The van der Waals surface area contributed by atoms with Gasteiger partial charge in [-0.1, -0.05) is 22.8 Å². The number of alkyl halides is 2. The summed E-state index contributed by atoms with van der Waals surface area (Å²) in [6.07, 6.45) is 5.18. The molecule has 1 saturated carbocycles. The molecule has 0 radical (unpaired) electrons. The summed E-state index contributed by atoms with van der Waals surface area (Å²) in [4.78, 5) is 25.0. The van der Waals surface area contributed by atoms with Crippen molar-refractivity contribution >= 4 is 40.2 Å². The Morgan fingerprint density at radius 2 is 2.18 bits per heavy atom. The number of thiophene rings is 1. The van der Waals surface area contributed by atoms with Crippen LogP contribution in [0.25, 0.3) is 5.69 Å². The molecule has 34 heavy (non-hydrogen) atoms. The predicted molar refractivity (Wildman–Crippen MR) is 128 cm³/mol. The third kappa shape index (κ3) is 5.79. The zero-order valence-corrected chi connectivity index (χ0v) is 20.1. The first-order valence-corrected chi connectivity index (χ1v) is 12.2. The average molecular weight is 508 g/mol. The van der Waals surface area contributed by atoms with E-state index >= 15 is 0 Å². The number of pyridine rings is 1. The second kappa shape index (κ2) is 10.6. The van der Waals surface area contributed by atoms with Crippen LogP contribution in [-0.2, 0) is 9.63 Å². The van der Waals surface area contributed by atoms with Gasteiger partial charge in [-0.25, -0.2) is 13.5 Å². The van der Waals surface area contributed by atoms with E-state index in [1.54, 1.807) is 34.2 Å². The summed E-state index contributed by atoms with van der Waals surface area (Å²) < 4.78 is 27.6. The van der Waals surface area contributed by atoms with Crippen molar-refractivity contribution in [3.05, 3.63) is 58.3 Å². The Labute approximate surface area is 205 Å². The fourth-order valence-corrected chi connectivity index (χ4v) is 4.74. The zero-order valence-electron chi connectivity index (χ0n) is 18.5. The Hall–Kier alpha value is -2.85. The smallest absolute Gasteiger partial charge is 0.248 e. The molecule has 1 aliphatic rings. The number of carbonyl (C=O) groups excluding carboxylic acids is 1. The molecule has 7 nitrogen and oxygen atoms in total. The molecular weight excluding hydrogens is 484 g/mol. The number of oxime groups is 1. The number of hydrogen-bond acceptors (Lipinski definition) is 6. The van der Waals surface area contributed by atoms with E-state index in [2.05, 4.69) is 15.2 Å². The molecule has 0 aliphatic heterocycles. The van der Waals surface area contributed by atoms with Crippen molar-refractivity contribution in [3.63, 3.8) is 0 Å². The third-order valence-electron chi connectivity index (χ3n) is 5.51. The Balaban J connectivity index is 1.41. The van der Waals surface area contributed by atoms with Crippen LogP contribution in [0.2, 0.25) is 5.15 Å². The van der Waals surface area contributed by atoms with Crippen LogP contribution in [0, 0.1) is 5.92 Å². The number of carbonyl (C=O) groups is 1.